The van der Waals surface area contributed by atoms with Gasteiger partial charge in [-0.1, -0.05) is 60.7 Å². The molecule has 0 radical (unpaired) electrons. The summed E-state index contributed by atoms with van der Waals surface area (Å²) in [5.41, 5.74) is 6.86. The van der Waals surface area contributed by atoms with Crippen LogP contribution in [0, 0.1) is 5.41 Å². The van der Waals surface area contributed by atoms with E-state index in [4.69, 9.17) is 20.6 Å². The number of pyridine rings is 1. The van der Waals surface area contributed by atoms with Crippen molar-refractivity contribution in [3.63, 3.8) is 0 Å². The van der Waals surface area contributed by atoms with Crippen molar-refractivity contribution in [3.8, 4) is 11.3 Å². The van der Waals surface area contributed by atoms with Gasteiger partial charge < -0.3 is 15.6 Å². The molecule has 4 aromatic rings. The molecule has 51 heavy (non-hydrogen) atoms. The van der Waals surface area contributed by atoms with Gasteiger partial charge in [-0.05, 0) is 72.5 Å². The van der Waals surface area contributed by atoms with E-state index >= 15 is 0 Å². The number of nitrogens with zero attached hydrogens (tertiary/aromatic N) is 3. The zero-order valence-corrected chi connectivity index (χ0v) is 28.1. The van der Waals surface area contributed by atoms with Crippen molar-refractivity contribution in [2.24, 2.45) is 11.1 Å². The highest BCUT2D eigenvalue weighted by Crippen LogP contribution is 2.47. The van der Waals surface area contributed by atoms with Gasteiger partial charge in [-0.2, -0.15) is 13.2 Å². The van der Waals surface area contributed by atoms with Gasteiger partial charge in [0.15, 0.2) is 0 Å². The van der Waals surface area contributed by atoms with E-state index < -0.39 is 49.3 Å². The molecule has 3 aromatic carbocycles. The largest absolute Gasteiger partial charge is 0.481 e. The molecule has 1 aliphatic carbocycles. The number of piperidine rings is 1. The first-order chi connectivity index (χ1) is 24.3. The quantitative estimate of drug-likeness (QED) is 0.184. The van der Waals surface area contributed by atoms with Gasteiger partial charge in [0, 0.05) is 42.2 Å². The number of morpholine rings is 1. The van der Waals surface area contributed by atoms with Crippen molar-refractivity contribution in [3.05, 3.63) is 78.0 Å². The third-order valence-corrected chi connectivity index (χ3v) is 10.6. The summed E-state index contributed by atoms with van der Waals surface area (Å²) in [7, 11) is 0. The number of aliphatic carboxylic acids is 1. The number of amides is 1. The van der Waals surface area contributed by atoms with E-state index in [1.54, 1.807) is 0 Å². The summed E-state index contributed by atoms with van der Waals surface area (Å²) in [6.45, 7) is 2.53. The molecule has 1 amide bonds. The van der Waals surface area contributed by atoms with Crippen LogP contribution >= 0.6 is 0 Å². The number of alkyl halides is 5. The van der Waals surface area contributed by atoms with Crippen LogP contribution in [0.3, 0.4) is 0 Å². The van der Waals surface area contributed by atoms with Crippen molar-refractivity contribution in [1.82, 2.24) is 14.8 Å². The Morgan fingerprint density at radius 1 is 0.882 bits per heavy atom. The van der Waals surface area contributed by atoms with Crippen LogP contribution in [-0.4, -0.2) is 89.3 Å². The summed E-state index contributed by atoms with van der Waals surface area (Å²) in [5.74, 6) is -2.20. The molecule has 2 aliphatic heterocycles. The number of carbonyl (C=O) groups excluding carboxylic acids is 1. The van der Waals surface area contributed by atoms with E-state index in [1.807, 2.05) is 12.1 Å². The van der Waals surface area contributed by atoms with Crippen LogP contribution in [0.5, 0.6) is 0 Å². The smallest absolute Gasteiger partial charge is 0.403 e. The fourth-order valence-electron chi connectivity index (χ4n) is 7.44. The molecule has 3 fully saturated rings. The maximum absolute atomic E-state index is 12.8. The van der Waals surface area contributed by atoms with Crippen LogP contribution in [0.2, 0.25) is 0 Å². The number of fused-ring (bicyclic) bond motifs is 2. The Labute approximate surface area is 292 Å². The third-order valence-electron chi connectivity index (χ3n) is 10.6. The number of carboxylic acid groups (broad SMARTS) is 1. The number of aromatic nitrogens is 1. The molecule has 1 aromatic heterocycles. The van der Waals surface area contributed by atoms with E-state index in [-0.39, 0.29) is 25.0 Å². The fraction of sp³-hybridized carbons (Fsp3) is 0.447. The number of nitrogens with two attached hydrogens (primary N) is 1. The molecule has 0 atom stereocenters. The lowest BCUT2D eigenvalue weighted by Crippen LogP contribution is -2.55. The summed E-state index contributed by atoms with van der Waals surface area (Å²) < 4.78 is 68.2. The lowest BCUT2D eigenvalue weighted by atomic mass is 9.77. The van der Waals surface area contributed by atoms with Crippen LogP contribution in [0.15, 0.2) is 66.9 Å². The van der Waals surface area contributed by atoms with Gasteiger partial charge in [-0.3, -0.25) is 24.4 Å². The first-order valence-electron chi connectivity index (χ1n) is 17.1. The van der Waals surface area contributed by atoms with Crippen LogP contribution in [-0.2, 0) is 27.3 Å². The first-order valence-corrected chi connectivity index (χ1v) is 17.1. The van der Waals surface area contributed by atoms with Gasteiger partial charge in [0.2, 0.25) is 5.91 Å². The predicted molar refractivity (Wildman–Crippen MR) is 183 cm³/mol. The molecule has 1 spiro atoms. The van der Waals surface area contributed by atoms with E-state index in [1.165, 1.54) is 28.7 Å². The highest BCUT2D eigenvalue weighted by molar-refractivity contribution is 6.05. The van der Waals surface area contributed by atoms with Crippen molar-refractivity contribution in [2.45, 2.75) is 63.2 Å². The molecule has 272 valence electrons. The molecule has 7 rings (SSSR count). The van der Waals surface area contributed by atoms with Gasteiger partial charge in [-0.25, -0.2) is 8.78 Å². The van der Waals surface area contributed by atoms with Crippen molar-refractivity contribution < 1.29 is 41.4 Å². The average Bonchev–Trinajstić information content (AvgIpc) is 3.87. The van der Waals surface area contributed by atoms with E-state index in [0.29, 0.717) is 6.42 Å². The highest BCUT2D eigenvalue weighted by Gasteiger charge is 2.60. The molecule has 0 unspecified atom stereocenters. The number of halogens is 5. The Hall–Kier alpha value is -4.20. The lowest BCUT2D eigenvalue weighted by Gasteiger charge is -2.40. The Bertz CT molecular complexity index is 1890. The molecule has 3 heterocycles. The van der Waals surface area contributed by atoms with Gasteiger partial charge in [-0.15, -0.1) is 0 Å². The number of benzene rings is 3. The molecule has 0 bridgehead atoms. The monoisotopic (exact) mass is 712 g/mol. The molecule has 1 saturated carbocycles. The van der Waals surface area contributed by atoms with E-state index in [9.17, 15) is 31.5 Å². The molecule has 13 heteroatoms. The minimum atomic E-state index is -4.73. The van der Waals surface area contributed by atoms with E-state index in [2.05, 4.69) is 59.6 Å². The molecular weight excluding hydrogens is 671 g/mol. The predicted octanol–water partition coefficient (Wildman–Crippen LogP) is 6.82. The standard InChI is InChI=1S/C29H28N2O3.C9H13F5N2O/c32-27(33)12-11-20-5-3-9-24-22(20)8-4-10-26(24)28-25-7-2-1-6-23(25)21(17-30-28)18-31-15-16-34-19-29(31)13-14-29;10-6(11)5-16-3-1-8(2-4-16,7(15)17)9(12,13)14/h1-10,17H,11-16,18-19H2,(H,32,33);6H,1-5H2,(H2,15,17). The van der Waals surface area contributed by atoms with Crippen molar-refractivity contribution >= 4 is 33.4 Å². The van der Waals surface area contributed by atoms with Crippen LogP contribution in [0.25, 0.3) is 32.8 Å². The van der Waals surface area contributed by atoms with Gasteiger partial charge >= 0.3 is 12.1 Å². The topological polar surface area (TPSA) is 109 Å². The zero-order chi connectivity index (χ0) is 36.4. The Balaban J connectivity index is 0.000000224. The normalized spacial score (nSPS) is 18.9. The summed E-state index contributed by atoms with van der Waals surface area (Å²) in [4.78, 5) is 30.9. The number of aryl methyl sites for hydroxylation is 1. The maximum atomic E-state index is 12.8. The number of ether oxygens (including phenoxy) is 1. The number of carboxylic acids is 1. The second-order valence-corrected chi connectivity index (χ2v) is 13.7. The summed E-state index contributed by atoms with van der Waals surface area (Å²) >= 11 is 0. The zero-order valence-electron chi connectivity index (χ0n) is 28.1. The molecule has 8 nitrogen and oxygen atoms in total. The highest BCUT2D eigenvalue weighted by atomic mass is 19.4. The summed E-state index contributed by atoms with van der Waals surface area (Å²) in [6.07, 6.45) is -3.30. The SMILES string of the molecule is NC(=O)C1(C(F)(F)F)CCN(CC(F)F)CC1.O=C(O)CCc1cccc2c(-c3ncc(CN4CCOCC45CC5)c4ccccc34)cccc12. The van der Waals surface area contributed by atoms with Crippen LogP contribution in [0.1, 0.15) is 43.2 Å². The Morgan fingerprint density at radius 2 is 1.53 bits per heavy atom. The number of likely N-dealkylation sites (tertiary alicyclic amines) is 1. The average molecular weight is 713 g/mol. The Morgan fingerprint density at radius 3 is 2.18 bits per heavy atom. The molecule has 3 aliphatic rings. The minimum Gasteiger partial charge on any atom is -0.481 e. The maximum Gasteiger partial charge on any atom is 0.403 e. The number of rotatable bonds is 9. The minimum absolute atomic E-state index is 0.127. The second kappa shape index (κ2) is 14.8. The number of hydrogen-bond acceptors (Lipinski definition) is 6. The van der Waals surface area contributed by atoms with Gasteiger partial charge in [0.1, 0.15) is 5.41 Å². The van der Waals surface area contributed by atoms with Crippen molar-refractivity contribution in [2.75, 3.05) is 39.4 Å². The van der Waals surface area contributed by atoms with Crippen LogP contribution in [0.4, 0.5) is 22.0 Å². The molecular formula is C38H41F5N4O4. The first kappa shape index (κ1) is 36.6. The van der Waals surface area contributed by atoms with Crippen molar-refractivity contribution in [1.29, 1.82) is 0 Å². The molecule has 3 N–H and O–H groups in total. The summed E-state index contributed by atoms with van der Waals surface area (Å²) in [6, 6.07) is 21.0. The third kappa shape index (κ3) is 7.70. The lowest BCUT2D eigenvalue weighted by molar-refractivity contribution is -0.231. The van der Waals surface area contributed by atoms with Crippen LogP contribution < -0.4 is 5.73 Å². The van der Waals surface area contributed by atoms with Gasteiger partial charge in [0.05, 0.1) is 25.5 Å². The van der Waals surface area contributed by atoms with E-state index in [0.717, 1.165) is 59.3 Å². The fourth-order valence-corrected chi connectivity index (χ4v) is 7.44. The summed E-state index contributed by atoms with van der Waals surface area (Å²) in [5, 5.41) is 13.8. The molecule has 2 saturated heterocycles. The second-order valence-electron chi connectivity index (χ2n) is 13.7. The van der Waals surface area contributed by atoms with Gasteiger partial charge in [0.25, 0.3) is 6.43 Å². The number of primary amides is 1. The Kier molecular flexibility index (Phi) is 10.6. The number of hydrogen-bond donors (Lipinski definition) is 2. The number of carbonyl (C=O) groups is 2.